The fourth-order valence-electron chi connectivity index (χ4n) is 3.63. The van der Waals surface area contributed by atoms with E-state index in [1.54, 1.807) is 0 Å². The maximum atomic E-state index is 14.5. The van der Waals surface area contributed by atoms with Gasteiger partial charge in [-0.2, -0.15) is 0 Å². The maximum absolute atomic E-state index is 14.5. The standard InChI is InChI=1S/C21H20FN5O.2ClH/c22-15-9-11-23-12-10-17(15)28-18-5-3-4-14-7-8-16(24-20(14)18)21-26-25-19-6-1-2-13-27(19)21;;/h1-8,13,15,17,23H,9-12H2;2*1H. The highest BCUT2D eigenvalue weighted by atomic mass is 35.5. The van der Waals surface area contributed by atoms with Crippen molar-refractivity contribution in [2.45, 2.75) is 25.1 Å². The van der Waals surface area contributed by atoms with Crippen LogP contribution in [-0.2, 0) is 0 Å². The number of para-hydroxylation sites is 1. The first kappa shape index (κ1) is 22.2. The van der Waals surface area contributed by atoms with Gasteiger partial charge in [-0.3, -0.25) is 4.40 Å². The van der Waals surface area contributed by atoms with Crippen LogP contribution >= 0.6 is 24.8 Å². The molecule has 0 radical (unpaired) electrons. The summed E-state index contributed by atoms with van der Waals surface area (Å²) >= 11 is 0. The summed E-state index contributed by atoms with van der Waals surface area (Å²) in [6, 6.07) is 15.4. The number of hydrogen-bond donors (Lipinski definition) is 1. The molecule has 0 aliphatic carbocycles. The van der Waals surface area contributed by atoms with Gasteiger partial charge >= 0.3 is 0 Å². The highest BCUT2D eigenvalue weighted by molar-refractivity contribution is 5.86. The van der Waals surface area contributed by atoms with Crippen LogP contribution in [0.5, 0.6) is 5.75 Å². The summed E-state index contributed by atoms with van der Waals surface area (Å²) in [6.07, 6.45) is 1.53. The van der Waals surface area contributed by atoms with Crippen LogP contribution in [0.2, 0.25) is 0 Å². The number of aromatic nitrogens is 4. The second-order valence-corrected chi connectivity index (χ2v) is 6.98. The van der Waals surface area contributed by atoms with E-state index in [1.807, 2.05) is 59.1 Å². The van der Waals surface area contributed by atoms with E-state index in [1.165, 1.54) is 0 Å². The Kier molecular flexibility index (Phi) is 7.07. The average Bonchev–Trinajstić information content (AvgIpc) is 3.06. The molecule has 4 heterocycles. The van der Waals surface area contributed by atoms with Crippen LogP contribution in [0.25, 0.3) is 28.1 Å². The summed E-state index contributed by atoms with van der Waals surface area (Å²) in [5, 5.41) is 12.6. The molecule has 1 aromatic carbocycles. The second-order valence-electron chi connectivity index (χ2n) is 6.98. The lowest BCUT2D eigenvalue weighted by atomic mass is 10.1. The lowest BCUT2D eigenvalue weighted by Gasteiger charge is -2.21. The van der Waals surface area contributed by atoms with Crippen molar-refractivity contribution in [3.8, 4) is 17.3 Å². The second kappa shape index (κ2) is 9.55. The summed E-state index contributed by atoms with van der Waals surface area (Å²) < 4.78 is 22.5. The van der Waals surface area contributed by atoms with Crippen LogP contribution in [0.3, 0.4) is 0 Å². The van der Waals surface area contributed by atoms with Crippen molar-refractivity contribution in [3.05, 3.63) is 54.7 Å². The summed E-state index contributed by atoms with van der Waals surface area (Å²) in [6.45, 7) is 1.43. The predicted octanol–water partition coefficient (Wildman–Crippen LogP) is 4.26. The summed E-state index contributed by atoms with van der Waals surface area (Å²) in [4.78, 5) is 4.80. The summed E-state index contributed by atoms with van der Waals surface area (Å²) in [5.41, 5.74) is 2.16. The highest BCUT2D eigenvalue weighted by Crippen LogP contribution is 2.29. The smallest absolute Gasteiger partial charge is 0.187 e. The Morgan fingerprint density at radius 1 is 0.967 bits per heavy atom. The minimum Gasteiger partial charge on any atom is -0.485 e. The van der Waals surface area contributed by atoms with Crippen molar-refractivity contribution >= 4 is 41.4 Å². The van der Waals surface area contributed by atoms with Gasteiger partial charge < -0.3 is 10.1 Å². The number of ether oxygens (including phenoxy) is 1. The SMILES string of the molecule is Cl.Cl.FC1CCNCCC1Oc1cccc2ccc(-c3nnc4ccccn34)nc12. The fraction of sp³-hybridized carbons (Fsp3) is 0.286. The zero-order valence-electron chi connectivity index (χ0n) is 16.1. The van der Waals surface area contributed by atoms with Gasteiger partial charge in [-0.15, -0.1) is 35.0 Å². The molecule has 9 heteroatoms. The Labute approximate surface area is 185 Å². The zero-order chi connectivity index (χ0) is 18.9. The normalized spacial score (nSPS) is 19.0. The van der Waals surface area contributed by atoms with Crippen molar-refractivity contribution in [1.29, 1.82) is 0 Å². The molecule has 30 heavy (non-hydrogen) atoms. The van der Waals surface area contributed by atoms with Gasteiger partial charge in [0.15, 0.2) is 11.5 Å². The average molecular weight is 450 g/mol. The minimum atomic E-state index is -0.992. The molecule has 1 aliphatic rings. The van der Waals surface area contributed by atoms with Crippen LogP contribution < -0.4 is 10.1 Å². The maximum Gasteiger partial charge on any atom is 0.187 e. The Bertz CT molecular complexity index is 1140. The Balaban J connectivity index is 0.00000128. The molecular weight excluding hydrogens is 428 g/mol. The predicted molar refractivity (Wildman–Crippen MR) is 120 cm³/mol. The van der Waals surface area contributed by atoms with Gasteiger partial charge in [0.1, 0.15) is 29.2 Å². The molecule has 1 N–H and O–H groups in total. The third-order valence-electron chi connectivity index (χ3n) is 5.11. The molecule has 0 amide bonds. The number of pyridine rings is 2. The van der Waals surface area contributed by atoms with Crippen molar-refractivity contribution in [3.63, 3.8) is 0 Å². The molecule has 5 rings (SSSR count). The molecule has 3 aromatic heterocycles. The van der Waals surface area contributed by atoms with Gasteiger partial charge in [0.05, 0.1) is 0 Å². The third kappa shape index (κ3) is 4.19. The molecule has 1 saturated heterocycles. The van der Waals surface area contributed by atoms with Gasteiger partial charge in [-0.25, -0.2) is 9.37 Å². The van der Waals surface area contributed by atoms with E-state index in [0.29, 0.717) is 42.2 Å². The summed E-state index contributed by atoms with van der Waals surface area (Å²) in [5.74, 6) is 1.26. The molecule has 2 atom stereocenters. The zero-order valence-corrected chi connectivity index (χ0v) is 17.7. The van der Waals surface area contributed by atoms with Crippen LogP contribution in [0, 0.1) is 0 Å². The molecule has 0 spiro atoms. The van der Waals surface area contributed by atoms with E-state index < -0.39 is 12.3 Å². The molecular formula is C21H22Cl2FN5O. The largest absolute Gasteiger partial charge is 0.485 e. The Morgan fingerprint density at radius 2 is 1.83 bits per heavy atom. The van der Waals surface area contributed by atoms with Crippen molar-refractivity contribution in [2.75, 3.05) is 13.1 Å². The number of hydrogen-bond acceptors (Lipinski definition) is 5. The van der Waals surface area contributed by atoms with Gasteiger partial charge in [-0.05, 0) is 50.2 Å². The molecule has 158 valence electrons. The van der Waals surface area contributed by atoms with Crippen LogP contribution in [-0.4, -0.2) is 44.9 Å². The quantitative estimate of drug-likeness (QED) is 0.506. The highest BCUT2D eigenvalue weighted by Gasteiger charge is 2.25. The van der Waals surface area contributed by atoms with E-state index in [0.717, 1.165) is 17.6 Å². The van der Waals surface area contributed by atoms with Gasteiger partial charge in [0.2, 0.25) is 0 Å². The monoisotopic (exact) mass is 449 g/mol. The first-order valence-corrected chi connectivity index (χ1v) is 9.51. The molecule has 1 aliphatic heterocycles. The molecule has 6 nitrogen and oxygen atoms in total. The van der Waals surface area contributed by atoms with E-state index in [4.69, 9.17) is 9.72 Å². The lowest BCUT2D eigenvalue weighted by Crippen LogP contribution is -2.28. The van der Waals surface area contributed by atoms with E-state index in [9.17, 15) is 4.39 Å². The number of halogens is 3. The number of alkyl halides is 1. The number of fused-ring (bicyclic) bond motifs is 2. The van der Waals surface area contributed by atoms with Crippen molar-refractivity contribution in [2.24, 2.45) is 0 Å². The Morgan fingerprint density at radius 3 is 2.73 bits per heavy atom. The molecule has 2 unspecified atom stereocenters. The number of nitrogens with zero attached hydrogens (tertiary/aromatic N) is 4. The van der Waals surface area contributed by atoms with Gasteiger partial charge in [0.25, 0.3) is 0 Å². The lowest BCUT2D eigenvalue weighted by molar-refractivity contribution is 0.0983. The van der Waals surface area contributed by atoms with Crippen LogP contribution in [0.1, 0.15) is 12.8 Å². The number of nitrogens with one attached hydrogen (secondary N) is 1. The van der Waals surface area contributed by atoms with Gasteiger partial charge in [0, 0.05) is 11.6 Å². The van der Waals surface area contributed by atoms with E-state index in [-0.39, 0.29) is 24.8 Å². The summed E-state index contributed by atoms with van der Waals surface area (Å²) in [7, 11) is 0. The number of rotatable bonds is 3. The first-order chi connectivity index (χ1) is 13.8. The van der Waals surface area contributed by atoms with E-state index in [2.05, 4.69) is 15.5 Å². The van der Waals surface area contributed by atoms with Crippen molar-refractivity contribution in [1.82, 2.24) is 24.9 Å². The Hall–Kier alpha value is -2.48. The van der Waals surface area contributed by atoms with Crippen molar-refractivity contribution < 1.29 is 9.13 Å². The molecule has 0 saturated carbocycles. The topological polar surface area (TPSA) is 64.3 Å². The minimum absolute atomic E-state index is 0. The van der Waals surface area contributed by atoms with Gasteiger partial charge in [-0.1, -0.05) is 24.3 Å². The van der Waals surface area contributed by atoms with Crippen LogP contribution in [0.4, 0.5) is 4.39 Å². The third-order valence-corrected chi connectivity index (χ3v) is 5.11. The molecule has 4 aromatic rings. The fourth-order valence-corrected chi connectivity index (χ4v) is 3.63. The molecule has 0 bridgehead atoms. The van der Waals surface area contributed by atoms with E-state index >= 15 is 0 Å². The molecule has 1 fully saturated rings. The van der Waals surface area contributed by atoms with Crippen LogP contribution in [0.15, 0.2) is 54.7 Å². The number of benzene rings is 1. The first-order valence-electron chi connectivity index (χ1n) is 9.51.